The summed E-state index contributed by atoms with van der Waals surface area (Å²) in [7, 11) is 1.60. The molecule has 0 heterocycles. The molecule has 0 bridgehead atoms. The number of methoxy groups -OCH3 is 1. The molecule has 0 saturated carbocycles. The molecule has 0 aliphatic heterocycles. The summed E-state index contributed by atoms with van der Waals surface area (Å²) in [6, 6.07) is 12.9. The number of aryl methyl sites for hydroxylation is 1. The number of nitriles is 1. The molecule has 0 radical (unpaired) electrons. The first-order valence-electron chi connectivity index (χ1n) is 6.20. The van der Waals surface area contributed by atoms with E-state index in [0.29, 0.717) is 23.6 Å². The average Bonchev–Trinajstić information content (AvgIpc) is 2.46. The van der Waals surface area contributed by atoms with Crippen LogP contribution in [-0.2, 0) is 6.61 Å². The van der Waals surface area contributed by atoms with Crippen LogP contribution in [0.3, 0.4) is 0 Å². The first-order valence-corrected chi connectivity index (χ1v) is 6.20. The van der Waals surface area contributed by atoms with Crippen LogP contribution in [0.15, 0.2) is 36.4 Å². The third-order valence-corrected chi connectivity index (χ3v) is 2.99. The lowest BCUT2D eigenvalue weighted by Gasteiger charge is -2.12. The van der Waals surface area contributed by atoms with Crippen LogP contribution in [-0.4, -0.2) is 7.11 Å². The van der Waals surface area contributed by atoms with Crippen LogP contribution in [0.25, 0.3) is 0 Å². The normalized spacial score (nSPS) is 9.85. The van der Waals surface area contributed by atoms with Crippen molar-refractivity contribution in [3.63, 3.8) is 0 Å². The van der Waals surface area contributed by atoms with Gasteiger partial charge in [0.2, 0.25) is 0 Å². The third-order valence-electron chi connectivity index (χ3n) is 2.99. The van der Waals surface area contributed by atoms with Gasteiger partial charge in [0, 0.05) is 11.3 Å². The highest BCUT2D eigenvalue weighted by Crippen LogP contribution is 2.24. The van der Waals surface area contributed by atoms with Gasteiger partial charge >= 0.3 is 0 Å². The summed E-state index contributed by atoms with van der Waals surface area (Å²) in [6.45, 7) is 2.28. The molecule has 0 atom stereocenters. The molecule has 2 rings (SSSR count). The van der Waals surface area contributed by atoms with E-state index in [-0.39, 0.29) is 0 Å². The fraction of sp³-hybridized carbons (Fsp3) is 0.188. The van der Waals surface area contributed by atoms with Crippen LogP contribution in [0.4, 0.5) is 5.69 Å². The van der Waals surface area contributed by atoms with Gasteiger partial charge in [-0.15, -0.1) is 0 Å². The van der Waals surface area contributed by atoms with Crippen LogP contribution < -0.4 is 15.2 Å². The summed E-state index contributed by atoms with van der Waals surface area (Å²) in [6.07, 6.45) is 0. The maximum atomic E-state index is 8.94. The second kappa shape index (κ2) is 5.98. The molecule has 20 heavy (non-hydrogen) atoms. The maximum Gasteiger partial charge on any atom is 0.125 e. The average molecular weight is 268 g/mol. The van der Waals surface area contributed by atoms with Crippen LogP contribution in [0.1, 0.15) is 16.7 Å². The molecule has 0 amide bonds. The van der Waals surface area contributed by atoms with E-state index in [2.05, 4.69) is 6.07 Å². The van der Waals surface area contributed by atoms with E-state index in [1.165, 1.54) is 0 Å². The van der Waals surface area contributed by atoms with E-state index in [4.69, 9.17) is 20.5 Å². The Hall–Kier alpha value is -2.67. The van der Waals surface area contributed by atoms with Crippen molar-refractivity contribution in [1.29, 1.82) is 5.26 Å². The van der Waals surface area contributed by atoms with Gasteiger partial charge in [0.05, 0.1) is 18.7 Å². The van der Waals surface area contributed by atoms with Crippen LogP contribution in [0, 0.1) is 18.3 Å². The molecule has 2 aromatic rings. The molecule has 2 aromatic carbocycles. The van der Waals surface area contributed by atoms with E-state index in [1.807, 2.05) is 19.1 Å². The lowest BCUT2D eigenvalue weighted by molar-refractivity contribution is 0.295. The van der Waals surface area contributed by atoms with E-state index in [9.17, 15) is 0 Å². The Balaban J connectivity index is 2.20. The van der Waals surface area contributed by atoms with Crippen molar-refractivity contribution in [2.75, 3.05) is 12.8 Å². The van der Waals surface area contributed by atoms with Crippen molar-refractivity contribution in [2.45, 2.75) is 13.5 Å². The number of rotatable bonds is 4. The molecule has 0 saturated heterocycles. The topological polar surface area (TPSA) is 68.3 Å². The van der Waals surface area contributed by atoms with E-state index in [0.717, 1.165) is 16.9 Å². The smallest absolute Gasteiger partial charge is 0.125 e. The van der Waals surface area contributed by atoms with E-state index < -0.39 is 0 Å². The quantitative estimate of drug-likeness (QED) is 0.865. The molecule has 102 valence electrons. The number of nitrogen functional groups attached to an aromatic ring is 1. The number of anilines is 1. The Bertz CT molecular complexity index is 660. The standard InChI is InChI=1S/C16H16N2O2/c1-11-7-14(18)4-6-15(11)20-10-13-8-12(9-17)3-5-16(13)19-2/h3-8H,10,18H2,1-2H3. The van der Waals surface area contributed by atoms with Gasteiger partial charge in [0.15, 0.2) is 0 Å². The Labute approximate surface area is 118 Å². The van der Waals surface area contributed by atoms with Crippen LogP contribution in [0.2, 0.25) is 0 Å². The van der Waals surface area contributed by atoms with Gasteiger partial charge < -0.3 is 15.2 Å². The predicted molar refractivity (Wildman–Crippen MR) is 77.6 cm³/mol. The van der Waals surface area contributed by atoms with Crippen molar-refractivity contribution in [2.24, 2.45) is 0 Å². The van der Waals surface area contributed by atoms with Crippen molar-refractivity contribution >= 4 is 5.69 Å². The summed E-state index contributed by atoms with van der Waals surface area (Å²) in [5, 5.41) is 8.94. The SMILES string of the molecule is COc1ccc(C#N)cc1COc1ccc(N)cc1C. The second-order valence-electron chi connectivity index (χ2n) is 4.45. The molecule has 0 fully saturated rings. The lowest BCUT2D eigenvalue weighted by atomic mass is 10.1. The third kappa shape index (κ3) is 3.01. The summed E-state index contributed by atoms with van der Waals surface area (Å²) in [5.41, 5.74) is 8.80. The minimum Gasteiger partial charge on any atom is -0.496 e. The van der Waals surface area contributed by atoms with Crippen LogP contribution >= 0.6 is 0 Å². The maximum absolute atomic E-state index is 8.94. The number of hydrogen-bond acceptors (Lipinski definition) is 4. The highest BCUT2D eigenvalue weighted by Gasteiger charge is 2.07. The van der Waals surface area contributed by atoms with Crippen molar-refractivity contribution in [3.05, 3.63) is 53.1 Å². The number of hydrogen-bond donors (Lipinski definition) is 1. The second-order valence-corrected chi connectivity index (χ2v) is 4.45. The van der Waals surface area contributed by atoms with Gasteiger partial charge in [-0.05, 0) is 48.9 Å². The fourth-order valence-corrected chi connectivity index (χ4v) is 1.95. The Morgan fingerprint density at radius 1 is 1.15 bits per heavy atom. The molecule has 4 heteroatoms. The van der Waals surface area contributed by atoms with Gasteiger partial charge in [0.1, 0.15) is 18.1 Å². The summed E-state index contributed by atoms with van der Waals surface area (Å²) < 4.78 is 11.0. The molecular formula is C16H16N2O2. The molecular weight excluding hydrogens is 252 g/mol. The molecule has 0 aromatic heterocycles. The Morgan fingerprint density at radius 3 is 2.55 bits per heavy atom. The monoisotopic (exact) mass is 268 g/mol. The van der Waals surface area contributed by atoms with Gasteiger partial charge in [-0.25, -0.2) is 0 Å². The van der Waals surface area contributed by atoms with Gasteiger partial charge in [-0.3, -0.25) is 0 Å². The number of nitrogens with zero attached hydrogens (tertiary/aromatic N) is 1. The minimum absolute atomic E-state index is 0.337. The van der Waals surface area contributed by atoms with Crippen LogP contribution in [0.5, 0.6) is 11.5 Å². The number of benzene rings is 2. The molecule has 0 aliphatic rings. The predicted octanol–water partition coefficient (Wildman–Crippen LogP) is 3.04. The summed E-state index contributed by atoms with van der Waals surface area (Å²) in [4.78, 5) is 0. The molecule has 0 unspecified atom stereocenters. The lowest BCUT2D eigenvalue weighted by Crippen LogP contribution is -2.01. The minimum atomic E-state index is 0.337. The largest absolute Gasteiger partial charge is 0.496 e. The fourth-order valence-electron chi connectivity index (χ4n) is 1.95. The first-order chi connectivity index (χ1) is 9.63. The molecule has 0 aliphatic carbocycles. The zero-order valence-electron chi connectivity index (χ0n) is 11.5. The number of nitrogens with two attached hydrogens (primary N) is 1. The van der Waals surface area contributed by atoms with Crippen molar-refractivity contribution < 1.29 is 9.47 Å². The molecule has 4 nitrogen and oxygen atoms in total. The zero-order chi connectivity index (χ0) is 14.5. The van der Waals surface area contributed by atoms with E-state index >= 15 is 0 Å². The summed E-state index contributed by atoms with van der Waals surface area (Å²) >= 11 is 0. The van der Waals surface area contributed by atoms with Crippen molar-refractivity contribution in [3.8, 4) is 17.6 Å². The van der Waals surface area contributed by atoms with Gasteiger partial charge in [0.25, 0.3) is 0 Å². The van der Waals surface area contributed by atoms with Crippen molar-refractivity contribution in [1.82, 2.24) is 0 Å². The van der Waals surface area contributed by atoms with Gasteiger partial charge in [-0.1, -0.05) is 0 Å². The summed E-state index contributed by atoms with van der Waals surface area (Å²) in [5.74, 6) is 1.47. The highest BCUT2D eigenvalue weighted by molar-refractivity contribution is 5.47. The first kappa shape index (κ1) is 13.8. The number of ether oxygens (including phenoxy) is 2. The highest BCUT2D eigenvalue weighted by atomic mass is 16.5. The molecule has 0 spiro atoms. The Kier molecular flexibility index (Phi) is 4.11. The van der Waals surface area contributed by atoms with Gasteiger partial charge in [-0.2, -0.15) is 5.26 Å². The molecule has 2 N–H and O–H groups in total. The zero-order valence-corrected chi connectivity index (χ0v) is 11.5. The Morgan fingerprint density at radius 2 is 1.90 bits per heavy atom. The van der Waals surface area contributed by atoms with E-state index in [1.54, 1.807) is 31.4 Å².